The average Bonchev–Trinajstić information content (AvgIpc) is 2.51. The number of carbonyl (C=O) groups is 2. The Morgan fingerprint density at radius 1 is 1.25 bits per heavy atom. The Kier molecular flexibility index (Phi) is 5.91. The van der Waals surface area contributed by atoms with E-state index in [9.17, 15) is 18.4 Å². The van der Waals surface area contributed by atoms with Gasteiger partial charge in [-0.3, -0.25) is 9.59 Å². The van der Waals surface area contributed by atoms with Gasteiger partial charge in [0, 0.05) is 13.1 Å². The zero-order valence-electron chi connectivity index (χ0n) is 14.3. The maximum absolute atomic E-state index is 13.8. The molecular weight excluding hydrogens is 314 g/mol. The van der Waals surface area contributed by atoms with Crippen LogP contribution >= 0.6 is 0 Å². The Morgan fingerprint density at radius 2 is 1.88 bits per heavy atom. The molecule has 1 aromatic rings. The third kappa shape index (κ3) is 4.10. The van der Waals surface area contributed by atoms with Gasteiger partial charge in [-0.2, -0.15) is 0 Å². The van der Waals surface area contributed by atoms with Crippen LogP contribution in [0, 0.1) is 23.5 Å². The summed E-state index contributed by atoms with van der Waals surface area (Å²) in [7, 11) is 0. The van der Waals surface area contributed by atoms with E-state index in [1.54, 1.807) is 18.7 Å². The predicted molar refractivity (Wildman–Crippen MR) is 87.4 cm³/mol. The standard InChI is InChI=1S/C18H24F2N2O2/c1-11(2)16(18(24)22-9-5-6-12(3)10-22)21-17(23)15-13(19)7-4-8-14(15)20/h4,7-8,11-12,16H,5-6,9-10H2,1-3H3,(H,21,23)/t12-,16+/m1/s1. The zero-order valence-corrected chi connectivity index (χ0v) is 14.3. The Labute approximate surface area is 141 Å². The van der Waals surface area contributed by atoms with E-state index in [0.717, 1.165) is 25.0 Å². The minimum atomic E-state index is -0.936. The van der Waals surface area contributed by atoms with Gasteiger partial charge in [-0.15, -0.1) is 0 Å². The van der Waals surface area contributed by atoms with Crippen molar-refractivity contribution in [2.24, 2.45) is 11.8 Å². The first-order valence-electron chi connectivity index (χ1n) is 8.35. The third-order valence-corrected chi connectivity index (χ3v) is 4.38. The van der Waals surface area contributed by atoms with Gasteiger partial charge in [0.15, 0.2) is 0 Å². The number of hydrogen-bond donors (Lipinski definition) is 1. The summed E-state index contributed by atoms with van der Waals surface area (Å²) in [6.45, 7) is 6.97. The Bertz CT molecular complexity index is 599. The fraction of sp³-hybridized carbons (Fsp3) is 0.556. The lowest BCUT2D eigenvalue weighted by Gasteiger charge is -2.35. The Morgan fingerprint density at radius 3 is 2.42 bits per heavy atom. The van der Waals surface area contributed by atoms with E-state index in [-0.39, 0.29) is 11.8 Å². The van der Waals surface area contributed by atoms with Crippen LogP contribution in [0.5, 0.6) is 0 Å². The highest BCUT2D eigenvalue weighted by molar-refractivity contribution is 5.98. The van der Waals surface area contributed by atoms with Crippen molar-refractivity contribution in [1.82, 2.24) is 10.2 Å². The highest BCUT2D eigenvalue weighted by Crippen LogP contribution is 2.19. The van der Waals surface area contributed by atoms with Crippen LogP contribution in [0.15, 0.2) is 18.2 Å². The summed E-state index contributed by atoms with van der Waals surface area (Å²) in [5.41, 5.74) is -0.650. The fourth-order valence-electron chi connectivity index (χ4n) is 3.03. The highest BCUT2D eigenvalue weighted by atomic mass is 19.1. The van der Waals surface area contributed by atoms with Gasteiger partial charge in [0.1, 0.15) is 23.2 Å². The molecule has 0 aromatic heterocycles. The minimum absolute atomic E-state index is 0.187. The van der Waals surface area contributed by atoms with E-state index in [4.69, 9.17) is 0 Å². The van der Waals surface area contributed by atoms with E-state index in [0.29, 0.717) is 19.0 Å². The number of piperidine rings is 1. The minimum Gasteiger partial charge on any atom is -0.341 e. The average molecular weight is 338 g/mol. The first-order valence-corrected chi connectivity index (χ1v) is 8.35. The summed E-state index contributed by atoms with van der Waals surface area (Å²) < 4.78 is 27.5. The van der Waals surface area contributed by atoms with Gasteiger partial charge in [0.05, 0.1) is 0 Å². The van der Waals surface area contributed by atoms with Crippen molar-refractivity contribution in [2.75, 3.05) is 13.1 Å². The maximum atomic E-state index is 13.8. The molecular formula is C18H24F2N2O2. The molecule has 1 aliphatic rings. The number of amides is 2. The fourth-order valence-corrected chi connectivity index (χ4v) is 3.03. The Balaban J connectivity index is 2.16. The number of benzene rings is 1. The third-order valence-electron chi connectivity index (χ3n) is 4.38. The van der Waals surface area contributed by atoms with Crippen LogP contribution in [0.1, 0.15) is 44.0 Å². The molecule has 0 bridgehead atoms. The molecule has 132 valence electrons. The topological polar surface area (TPSA) is 49.4 Å². The summed E-state index contributed by atoms with van der Waals surface area (Å²) in [6, 6.07) is 2.44. The Hall–Kier alpha value is -1.98. The predicted octanol–water partition coefficient (Wildman–Crippen LogP) is 2.98. The lowest BCUT2D eigenvalue weighted by Crippen LogP contribution is -2.53. The smallest absolute Gasteiger partial charge is 0.257 e. The first-order chi connectivity index (χ1) is 11.3. The van der Waals surface area contributed by atoms with Gasteiger partial charge in [0.2, 0.25) is 5.91 Å². The van der Waals surface area contributed by atoms with E-state index < -0.39 is 29.1 Å². The van der Waals surface area contributed by atoms with E-state index in [1.165, 1.54) is 6.07 Å². The van der Waals surface area contributed by atoms with Gasteiger partial charge in [-0.1, -0.05) is 26.8 Å². The molecule has 0 unspecified atom stereocenters. The summed E-state index contributed by atoms with van der Waals surface area (Å²) in [6.07, 6.45) is 2.00. The van der Waals surface area contributed by atoms with Crippen LogP contribution in [0.4, 0.5) is 8.78 Å². The first kappa shape index (κ1) is 18.4. The number of nitrogens with zero attached hydrogens (tertiary/aromatic N) is 1. The van der Waals surface area contributed by atoms with Gasteiger partial charge >= 0.3 is 0 Å². The summed E-state index contributed by atoms with van der Waals surface area (Å²) in [5.74, 6) is -2.74. The van der Waals surface area contributed by atoms with Gasteiger partial charge < -0.3 is 10.2 Å². The monoisotopic (exact) mass is 338 g/mol. The number of carbonyl (C=O) groups excluding carboxylic acids is 2. The van der Waals surface area contributed by atoms with Crippen molar-refractivity contribution >= 4 is 11.8 Å². The normalized spacial score (nSPS) is 19.2. The number of nitrogens with one attached hydrogen (secondary N) is 1. The van der Waals surface area contributed by atoms with Crippen LogP contribution in [0.3, 0.4) is 0 Å². The van der Waals surface area contributed by atoms with Crippen molar-refractivity contribution in [3.05, 3.63) is 35.4 Å². The van der Waals surface area contributed by atoms with E-state index in [2.05, 4.69) is 12.2 Å². The summed E-state index contributed by atoms with van der Waals surface area (Å²) >= 11 is 0. The van der Waals surface area contributed by atoms with Crippen LogP contribution in [0.2, 0.25) is 0 Å². The SMILES string of the molecule is CC(C)[C@H](NC(=O)c1c(F)cccc1F)C(=O)N1CCC[C@@H](C)C1. The van der Waals surface area contributed by atoms with Gasteiger partial charge in [0.25, 0.3) is 5.91 Å². The molecule has 6 heteroatoms. The van der Waals surface area contributed by atoms with Crippen LogP contribution < -0.4 is 5.32 Å². The molecule has 2 rings (SSSR count). The molecule has 4 nitrogen and oxygen atoms in total. The molecule has 1 aliphatic heterocycles. The zero-order chi connectivity index (χ0) is 17.9. The molecule has 1 N–H and O–H groups in total. The number of halogens is 2. The molecule has 1 fully saturated rings. The van der Waals surface area contributed by atoms with Crippen molar-refractivity contribution in [1.29, 1.82) is 0 Å². The van der Waals surface area contributed by atoms with Gasteiger partial charge in [-0.25, -0.2) is 8.78 Å². The second-order valence-electron chi connectivity index (χ2n) is 6.82. The summed E-state index contributed by atoms with van der Waals surface area (Å²) in [4.78, 5) is 26.8. The largest absolute Gasteiger partial charge is 0.341 e. The van der Waals surface area contributed by atoms with Crippen molar-refractivity contribution < 1.29 is 18.4 Å². The second kappa shape index (κ2) is 7.73. The highest BCUT2D eigenvalue weighted by Gasteiger charge is 2.32. The van der Waals surface area contributed by atoms with Crippen LogP contribution in [-0.2, 0) is 4.79 Å². The van der Waals surface area contributed by atoms with Crippen LogP contribution in [0.25, 0.3) is 0 Å². The lowest BCUT2D eigenvalue weighted by atomic mass is 9.97. The lowest BCUT2D eigenvalue weighted by molar-refractivity contribution is -0.136. The molecule has 2 amide bonds. The van der Waals surface area contributed by atoms with E-state index >= 15 is 0 Å². The maximum Gasteiger partial charge on any atom is 0.257 e. The molecule has 2 atom stereocenters. The quantitative estimate of drug-likeness (QED) is 0.917. The molecule has 1 heterocycles. The molecule has 0 radical (unpaired) electrons. The summed E-state index contributed by atoms with van der Waals surface area (Å²) in [5, 5.41) is 2.52. The van der Waals surface area contributed by atoms with Crippen molar-refractivity contribution in [3.63, 3.8) is 0 Å². The number of rotatable bonds is 4. The second-order valence-corrected chi connectivity index (χ2v) is 6.82. The van der Waals surface area contributed by atoms with Gasteiger partial charge in [-0.05, 0) is 36.8 Å². The number of likely N-dealkylation sites (tertiary alicyclic amines) is 1. The molecule has 1 aromatic carbocycles. The van der Waals surface area contributed by atoms with Crippen molar-refractivity contribution in [3.8, 4) is 0 Å². The molecule has 0 spiro atoms. The molecule has 0 saturated carbocycles. The molecule has 24 heavy (non-hydrogen) atoms. The molecule has 0 aliphatic carbocycles. The van der Waals surface area contributed by atoms with Crippen molar-refractivity contribution in [2.45, 2.75) is 39.7 Å². The number of hydrogen-bond acceptors (Lipinski definition) is 2. The molecule has 1 saturated heterocycles. The van der Waals surface area contributed by atoms with E-state index in [1.807, 2.05) is 0 Å². The van der Waals surface area contributed by atoms with Crippen LogP contribution in [-0.4, -0.2) is 35.8 Å².